The fourth-order valence-corrected chi connectivity index (χ4v) is 8.23. The predicted octanol–water partition coefficient (Wildman–Crippen LogP) is -0.313. The SMILES string of the molecule is C[C@]12CCC3C(CC[C@H]4C[C@@H](O)CC[C@]34C)[C@@H]1CC[C@@H]2NC(=O)COS(=O)([O-])=S.[Na+]. The van der Waals surface area contributed by atoms with Crippen molar-refractivity contribution >= 4 is 26.1 Å². The molecule has 9 heteroatoms. The third-order valence-corrected chi connectivity index (χ3v) is 10.0. The van der Waals surface area contributed by atoms with Crippen LogP contribution in [0.25, 0.3) is 0 Å². The van der Waals surface area contributed by atoms with Gasteiger partial charge in [0.05, 0.1) is 15.2 Å². The first kappa shape index (κ1) is 25.3. The number of carbonyl (C=O) groups excluding carboxylic acids is 1. The van der Waals surface area contributed by atoms with Crippen LogP contribution in [0.1, 0.15) is 71.6 Å². The van der Waals surface area contributed by atoms with Gasteiger partial charge < -0.3 is 15.0 Å². The minimum absolute atomic E-state index is 0. The molecule has 30 heavy (non-hydrogen) atoms. The molecule has 0 bridgehead atoms. The third kappa shape index (κ3) is 4.67. The molecule has 0 spiro atoms. The number of hydrogen-bond donors (Lipinski definition) is 2. The molecular formula is C21H34NNaO5S2. The van der Waals surface area contributed by atoms with Gasteiger partial charge >= 0.3 is 29.6 Å². The molecule has 4 aliphatic carbocycles. The van der Waals surface area contributed by atoms with Crippen LogP contribution in [0.15, 0.2) is 0 Å². The van der Waals surface area contributed by atoms with Gasteiger partial charge in [0.2, 0.25) is 5.91 Å². The second-order valence-corrected chi connectivity index (χ2v) is 12.8. The van der Waals surface area contributed by atoms with Gasteiger partial charge in [0.25, 0.3) is 0 Å². The van der Waals surface area contributed by atoms with Gasteiger partial charge in [-0.05, 0) is 103 Å². The smallest absolute Gasteiger partial charge is 0.748 e. The van der Waals surface area contributed by atoms with Crippen LogP contribution in [0.5, 0.6) is 0 Å². The van der Waals surface area contributed by atoms with Crippen molar-refractivity contribution in [2.75, 3.05) is 6.61 Å². The second-order valence-electron chi connectivity index (χ2n) is 10.5. The summed E-state index contributed by atoms with van der Waals surface area (Å²) in [5, 5.41) is 13.2. The largest absolute Gasteiger partial charge is 1.00 e. The Labute approximate surface area is 207 Å². The molecule has 0 aromatic rings. The van der Waals surface area contributed by atoms with E-state index in [1.54, 1.807) is 0 Å². The number of aliphatic hydroxyl groups excluding tert-OH is 1. The van der Waals surface area contributed by atoms with Crippen molar-refractivity contribution in [2.24, 2.45) is 34.5 Å². The summed E-state index contributed by atoms with van der Waals surface area (Å²) < 4.78 is 26.5. The van der Waals surface area contributed by atoms with Crippen molar-refractivity contribution in [1.29, 1.82) is 0 Å². The van der Waals surface area contributed by atoms with Gasteiger partial charge in [-0.3, -0.25) is 8.98 Å². The maximum atomic E-state index is 12.2. The minimum atomic E-state index is -4.02. The summed E-state index contributed by atoms with van der Waals surface area (Å²) in [6.07, 6.45) is 9.69. The summed E-state index contributed by atoms with van der Waals surface area (Å²) in [7, 11) is -4.02. The quantitative estimate of drug-likeness (QED) is 0.551. The zero-order valence-electron chi connectivity index (χ0n) is 18.4. The topological polar surface area (TPSA) is 98.7 Å². The van der Waals surface area contributed by atoms with Gasteiger partial charge in [-0.25, -0.2) is 4.21 Å². The van der Waals surface area contributed by atoms with Gasteiger partial charge in [-0.2, -0.15) is 0 Å². The molecule has 2 N–H and O–H groups in total. The van der Waals surface area contributed by atoms with Gasteiger partial charge in [0, 0.05) is 6.04 Å². The Kier molecular flexibility index (Phi) is 7.74. The maximum Gasteiger partial charge on any atom is 1.00 e. The van der Waals surface area contributed by atoms with Gasteiger partial charge in [0.15, 0.2) is 0 Å². The first-order chi connectivity index (χ1) is 13.5. The molecule has 0 heterocycles. The van der Waals surface area contributed by atoms with Crippen LogP contribution < -0.4 is 34.9 Å². The normalized spacial score (nSPS) is 47.1. The number of aliphatic hydroxyl groups is 1. The van der Waals surface area contributed by atoms with E-state index in [0.29, 0.717) is 23.2 Å². The predicted molar refractivity (Wildman–Crippen MR) is 112 cm³/mol. The molecule has 0 aromatic heterocycles. The van der Waals surface area contributed by atoms with E-state index in [2.05, 4.69) is 34.5 Å². The minimum Gasteiger partial charge on any atom is -0.748 e. The van der Waals surface area contributed by atoms with E-state index in [9.17, 15) is 18.7 Å². The van der Waals surface area contributed by atoms with Crippen molar-refractivity contribution in [1.82, 2.24) is 5.32 Å². The molecule has 3 unspecified atom stereocenters. The van der Waals surface area contributed by atoms with E-state index in [-0.39, 0.29) is 47.1 Å². The Hall–Kier alpha value is 0.720. The Morgan fingerprint density at radius 3 is 2.50 bits per heavy atom. The molecule has 6 nitrogen and oxygen atoms in total. The van der Waals surface area contributed by atoms with Crippen LogP contribution in [0.2, 0.25) is 0 Å². The van der Waals surface area contributed by atoms with Crippen LogP contribution in [-0.4, -0.2) is 38.5 Å². The number of rotatable bonds is 4. The molecule has 4 saturated carbocycles. The van der Waals surface area contributed by atoms with Crippen molar-refractivity contribution in [3.05, 3.63) is 0 Å². The van der Waals surface area contributed by atoms with Crippen molar-refractivity contribution in [2.45, 2.75) is 83.8 Å². The molecule has 166 valence electrons. The summed E-state index contributed by atoms with van der Waals surface area (Å²) in [4.78, 5) is 12.2. The molecule has 9 atom stereocenters. The molecule has 1 amide bonds. The number of fused-ring (bicyclic) bond motifs is 5. The average Bonchev–Trinajstić information content (AvgIpc) is 2.96. The molecule has 0 radical (unpaired) electrons. The first-order valence-corrected chi connectivity index (χ1v) is 13.4. The standard InChI is InChI=1S/C21H35NO5S2.Na/c1-20-9-7-14(23)11-13(20)3-4-15-16-5-6-18(21(16,2)10-8-17(15)20)22-19(24)12-27-29(25,26)28;/h13-18,23H,3-12H2,1-2H3,(H,22,24)(H,25,26,28);/q;+1/p-1/t13-,14-,15?,16-,17?,18-,20-,21-;/m0./s1. The van der Waals surface area contributed by atoms with E-state index in [1.165, 1.54) is 19.3 Å². The zero-order valence-corrected chi connectivity index (χ0v) is 22.1. The van der Waals surface area contributed by atoms with Crippen LogP contribution in [-0.2, 0) is 29.2 Å². The number of amides is 1. The van der Waals surface area contributed by atoms with Crippen molar-refractivity contribution < 1.29 is 52.4 Å². The Bertz CT molecular complexity index is 764. The van der Waals surface area contributed by atoms with Crippen LogP contribution in [0.4, 0.5) is 0 Å². The Balaban J connectivity index is 0.00000256. The van der Waals surface area contributed by atoms with Crippen LogP contribution >= 0.6 is 0 Å². The molecule has 0 saturated heterocycles. The molecule has 0 aliphatic heterocycles. The van der Waals surface area contributed by atoms with Crippen LogP contribution in [0, 0.1) is 34.5 Å². The second kappa shape index (κ2) is 9.16. The number of hydrogen-bond acceptors (Lipinski definition) is 6. The fourth-order valence-electron chi connectivity index (χ4n) is 7.83. The van der Waals surface area contributed by atoms with Crippen LogP contribution in [0.3, 0.4) is 0 Å². The van der Waals surface area contributed by atoms with Gasteiger partial charge in [-0.15, -0.1) is 0 Å². The first-order valence-electron chi connectivity index (χ1n) is 11.1. The molecule has 0 aromatic carbocycles. The summed E-state index contributed by atoms with van der Waals surface area (Å²) >= 11 is 4.18. The van der Waals surface area contributed by atoms with E-state index < -0.39 is 21.6 Å². The average molecular weight is 468 g/mol. The molecular weight excluding hydrogens is 433 g/mol. The molecule has 4 rings (SSSR count). The van der Waals surface area contributed by atoms with Gasteiger partial charge in [0.1, 0.15) is 6.61 Å². The van der Waals surface area contributed by atoms with Gasteiger partial charge in [-0.1, -0.05) is 13.8 Å². The monoisotopic (exact) mass is 467 g/mol. The molecule has 4 fully saturated rings. The third-order valence-electron chi connectivity index (χ3n) is 9.31. The number of nitrogens with one attached hydrogen (secondary N) is 1. The van der Waals surface area contributed by atoms with Crippen molar-refractivity contribution in [3.63, 3.8) is 0 Å². The summed E-state index contributed by atoms with van der Waals surface area (Å²) in [6.45, 7) is 4.26. The number of carbonyl (C=O) groups is 1. The zero-order chi connectivity index (χ0) is 21.0. The summed E-state index contributed by atoms with van der Waals surface area (Å²) in [6, 6.07) is 0.0658. The van der Waals surface area contributed by atoms with E-state index in [1.807, 2.05) is 0 Å². The van der Waals surface area contributed by atoms with E-state index >= 15 is 0 Å². The maximum absolute atomic E-state index is 12.2. The summed E-state index contributed by atoms with van der Waals surface area (Å²) in [5.74, 6) is 2.25. The van der Waals surface area contributed by atoms with E-state index in [4.69, 9.17) is 0 Å². The fraction of sp³-hybridized carbons (Fsp3) is 0.952. The Morgan fingerprint density at radius 2 is 1.80 bits per heavy atom. The summed E-state index contributed by atoms with van der Waals surface area (Å²) in [5.41, 5.74) is 0.400. The Morgan fingerprint density at radius 1 is 1.13 bits per heavy atom. The van der Waals surface area contributed by atoms with E-state index in [0.717, 1.165) is 44.4 Å². The van der Waals surface area contributed by atoms with Crippen molar-refractivity contribution in [3.8, 4) is 0 Å². The molecule has 4 aliphatic rings.